The molecular formula is C18H21ClFN. The van der Waals surface area contributed by atoms with Crippen LogP contribution in [0.4, 0.5) is 4.39 Å². The lowest BCUT2D eigenvalue weighted by atomic mass is 9.89. The number of hydrogen-bond acceptors (Lipinski definition) is 1. The Hall–Kier alpha value is -1.38. The molecule has 0 fully saturated rings. The molecule has 2 aromatic carbocycles. The van der Waals surface area contributed by atoms with Gasteiger partial charge in [-0.1, -0.05) is 48.9 Å². The summed E-state index contributed by atoms with van der Waals surface area (Å²) < 4.78 is 13.6. The first-order valence-corrected chi connectivity index (χ1v) is 7.69. The normalized spacial score (nSPS) is 12.4. The first-order chi connectivity index (χ1) is 10.1. The van der Waals surface area contributed by atoms with Crippen molar-refractivity contribution < 1.29 is 4.39 Å². The van der Waals surface area contributed by atoms with Crippen molar-refractivity contribution >= 4 is 11.6 Å². The summed E-state index contributed by atoms with van der Waals surface area (Å²) in [6.45, 7) is 6.02. The van der Waals surface area contributed by atoms with Crippen LogP contribution in [0.2, 0.25) is 5.02 Å². The van der Waals surface area contributed by atoms with Gasteiger partial charge in [0, 0.05) is 12.5 Å². The zero-order valence-corrected chi connectivity index (χ0v) is 13.3. The van der Waals surface area contributed by atoms with Gasteiger partial charge in [-0.25, -0.2) is 4.39 Å². The maximum Gasteiger partial charge on any atom is 0.142 e. The van der Waals surface area contributed by atoms with E-state index in [9.17, 15) is 4.39 Å². The topological polar surface area (TPSA) is 12.0 Å². The summed E-state index contributed by atoms with van der Waals surface area (Å²) >= 11 is 5.76. The average molecular weight is 306 g/mol. The number of halogens is 2. The Balaban J connectivity index is 2.24. The molecule has 3 heteroatoms. The highest BCUT2D eigenvalue weighted by Crippen LogP contribution is 2.25. The smallest absolute Gasteiger partial charge is 0.142 e. The van der Waals surface area contributed by atoms with Crippen molar-refractivity contribution in [3.05, 3.63) is 70.0 Å². The van der Waals surface area contributed by atoms with E-state index in [1.807, 2.05) is 12.1 Å². The first kappa shape index (κ1) is 16.0. The molecule has 1 unspecified atom stereocenters. The van der Waals surface area contributed by atoms with E-state index in [0.717, 1.165) is 25.1 Å². The van der Waals surface area contributed by atoms with Gasteiger partial charge in [0.05, 0.1) is 5.02 Å². The first-order valence-electron chi connectivity index (χ1n) is 7.32. The summed E-state index contributed by atoms with van der Waals surface area (Å²) in [5.41, 5.74) is 3.56. The third kappa shape index (κ3) is 4.29. The number of likely N-dealkylation sites (N-methyl/N-ethyl adjacent to an activating group) is 1. The maximum absolute atomic E-state index is 13.6. The van der Waals surface area contributed by atoms with Crippen LogP contribution in [0.1, 0.15) is 29.5 Å². The molecule has 1 N–H and O–H groups in total. The van der Waals surface area contributed by atoms with Gasteiger partial charge in [-0.05, 0) is 48.7 Å². The molecule has 0 aromatic heterocycles. The fourth-order valence-corrected chi connectivity index (χ4v) is 2.72. The highest BCUT2D eigenvalue weighted by molar-refractivity contribution is 6.30. The van der Waals surface area contributed by atoms with Crippen LogP contribution in [0.3, 0.4) is 0 Å². The van der Waals surface area contributed by atoms with Gasteiger partial charge in [-0.3, -0.25) is 0 Å². The maximum atomic E-state index is 13.6. The van der Waals surface area contributed by atoms with E-state index >= 15 is 0 Å². The number of aryl methyl sites for hydroxylation is 1. The van der Waals surface area contributed by atoms with Gasteiger partial charge in [0.25, 0.3) is 0 Å². The highest BCUT2D eigenvalue weighted by Gasteiger charge is 2.15. The van der Waals surface area contributed by atoms with Crippen LogP contribution in [0.15, 0.2) is 42.5 Å². The average Bonchev–Trinajstić information content (AvgIpc) is 2.48. The Kier molecular flexibility index (Phi) is 5.77. The Morgan fingerprint density at radius 3 is 2.62 bits per heavy atom. The lowest BCUT2D eigenvalue weighted by Crippen LogP contribution is -2.23. The van der Waals surface area contributed by atoms with E-state index in [1.54, 1.807) is 12.1 Å². The van der Waals surface area contributed by atoms with E-state index in [-0.39, 0.29) is 10.8 Å². The van der Waals surface area contributed by atoms with Crippen molar-refractivity contribution in [2.75, 3.05) is 13.1 Å². The fraction of sp³-hybridized carbons (Fsp3) is 0.333. The van der Waals surface area contributed by atoms with E-state index in [2.05, 4.69) is 37.4 Å². The van der Waals surface area contributed by atoms with Crippen LogP contribution < -0.4 is 5.32 Å². The molecule has 21 heavy (non-hydrogen) atoms. The summed E-state index contributed by atoms with van der Waals surface area (Å²) in [6.07, 6.45) is 0.798. The highest BCUT2D eigenvalue weighted by atomic mass is 35.5. The molecule has 0 aliphatic rings. The molecule has 0 aliphatic heterocycles. The Morgan fingerprint density at radius 1 is 1.19 bits per heavy atom. The minimum absolute atomic E-state index is 0.179. The molecule has 0 amide bonds. The number of nitrogens with one attached hydrogen (secondary N) is 1. The van der Waals surface area contributed by atoms with Gasteiger partial charge >= 0.3 is 0 Å². The second-order valence-corrected chi connectivity index (χ2v) is 5.72. The van der Waals surface area contributed by atoms with Crippen molar-refractivity contribution in [2.24, 2.45) is 0 Å². The third-order valence-electron chi connectivity index (χ3n) is 3.74. The van der Waals surface area contributed by atoms with Gasteiger partial charge in [-0.2, -0.15) is 0 Å². The monoisotopic (exact) mass is 305 g/mol. The molecule has 2 aromatic rings. The molecule has 0 aliphatic carbocycles. The number of benzene rings is 2. The minimum atomic E-state index is -0.346. The quantitative estimate of drug-likeness (QED) is 0.814. The molecule has 0 bridgehead atoms. The minimum Gasteiger partial charge on any atom is -0.316 e. The molecule has 1 atom stereocenters. The summed E-state index contributed by atoms with van der Waals surface area (Å²) in [5.74, 6) is -0.0205. The standard InChI is InChI=1S/C18H21ClFN/c1-3-21-12-15(16-7-5-4-6-13(16)2)10-14-8-9-17(19)18(20)11-14/h4-9,11,15,21H,3,10,12H2,1-2H3. The Morgan fingerprint density at radius 2 is 1.95 bits per heavy atom. The van der Waals surface area contributed by atoms with Crippen molar-refractivity contribution in [3.63, 3.8) is 0 Å². The summed E-state index contributed by atoms with van der Waals surface area (Å²) in [7, 11) is 0. The second-order valence-electron chi connectivity index (χ2n) is 5.31. The van der Waals surface area contributed by atoms with E-state index in [0.29, 0.717) is 5.92 Å². The SMILES string of the molecule is CCNCC(Cc1ccc(Cl)c(F)c1)c1ccccc1C. The van der Waals surface area contributed by atoms with Gasteiger partial charge in [0.2, 0.25) is 0 Å². The van der Waals surface area contributed by atoms with Crippen LogP contribution in [-0.4, -0.2) is 13.1 Å². The zero-order chi connectivity index (χ0) is 15.2. The molecule has 0 radical (unpaired) electrons. The zero-order valence-electron chi connectivity index (χ0n) is 12.5. The summed E-state index contributed by atoms with van der Waals surface area (Å²) in [5, 5.41) is 3.58. The molecule has 0 heterocycles. The molecule has 0 saturated carbocycles. The Labute approximate surface area is 131 Å². The molecule has 112 valence electrons. The number of hydrogen-bond donors (Lipinski definition) is 1. The lowest BCUT2D eigenvalue weighted by Gasteiger charge is -2.20. The Bertz CT molecular complexity index is 598. The summed E-state index contributed by atoms with van der Waals surface area (Å²) in [4.78, 5) is 0. The van der Waals surface area contributed by atoms with Gasteiger partial charge < -0.3 is 5.32 Å². The second kappa shape index (κ2) is 7.58. The van der Waals surface area contributed by atoms with E-state index in [4.69, 9.17) is 11.6 Å². The van der Waals surface area contributed by atoms with Crippen LogP contribution in [0.25, 0.3) is 0 Å². The third-order valence-corrected chi connectivity index (χ3v) is 4.04. The molecular weight excluding hydrogens is 285 g/mol. The van der Waals surface area contributed by atoms with E-state index < -0.39 is 0 Å². The fourth-order valence-electron chi connectivity index (χ4n) is 2.61. The molecule has 2 rings (SSSR count). The van der Waals surface area contributed by atoms with E-state index in [1.165, 1.54) is 11.1 Å². The van der Waals surface area contributed by atoms with Crippen molar-refractivity contribution in [1.29, 1.82) is 0 Å². The molecule has 0 saturated heterocycles. The number of rotatable bonds is 6. The van der Waals surface area contributed by atoms with Gasteiger partial charge in [0.1, 0.15) is 5.82 Å². The largest absolute Gasteiger partial charge is 0.316 e. The predicted molar refractivity (Wildman–Crippen MR) is 87.6 cm³/mol. The lowest BCUT2D eigenvalue weighted by molar-refractivity contribution is 0.586. The molecule has 0 spiro atoms. The van der Waals surface area contributed by atoms with Crippen molar-refractivity contribution in [2.45, 2.75) is 26.2 Å². The summed E-state index contributed by atoms with van der Waals surface area (Å²) in [6, 6.07) is 13.5. The van der Waals surface area contributed by atoms with Gasteiger partial charge in [0.15, 0.2) is 0 Å². The van der Waals surface area contributed by atoms with Crippen LogP contribution >= 0.6 is 11.6 Å². The van der Waals surface area contributed by atoms with Crippen molar-refractivity contribution in [1.82, 2.24) is 5.32 Å². The van der Waals surface area contributed by atoms with Crippen LogP contribution in [0, 0.1) is 12.7 Å². The van der Waals surface area contributed by atoms with Crippen LogP contribution in [-0.2, 0) is 6.42 Å². The van der Waals surface area contributed by atoms with Crippen LogP contribution in [0.5, 0.6) is 0 Å². The van der Waals surface area contributed by atoms with Crippen molar-refractivity contribution in [3.8, 4) is 0 Å². The predicted octanol–water partition coefficient (Wildman–Crippen LogP) is 4.72. The molecule has 1 nitrogen and oxygen atoms in total. The van der Waals surface area contributed by atoms with Gasteiger partial charge in [-0.15, -0.1) is 0 Å².